The number of imidazole rings is 1. The van der Waals surface area contributed by atoms with Gasteiger partial charge in [0.05, 0.1) is 29.7 Å². The Morgan fingerprint density at radius 2 is 1.64 bits per heavy atom. The molecule has 3 aromatic carbocycles. The van der Waals surface area contributed by atoms with Crippen LogP contribution < -0.4 is 4.74 Å². The number of aromatic carboxylic acids is 1. The molecule has 0 amide bonds. The van der Waals surface area contributed by atoms with Gasteiger partial charge < -0.3 is 35.0 Å². The van der Waals surface area contributed by atoms with Crippen LogP contribution in [0.1, 0.15) is 29.1 Å². The number of aliphatic hydroxyl groups excluding tert-OH is 3. The number of hydrogen-bond acceptors (Lipinski definition) is 11. The number of carboxylic acid groups (broad SMARTS) is 2. The molecule has 0 unspecified atom stereocenters. The molecule has 0 spiro atoms. The molecule has 5 atom stereocenters. The lowest BCUT2D eigenvalue weighted by Crippen LogP contribution is -2.58. The quantitative estimate of drug-likeness (QED) is 0.159. The fourth-order valence-electron chi connectivity index (χ4n) is 5.43. The van der Waals surface area contributed by atoms with Gasteiger partial charge >= 0.3 is 11.9 Å². The molecule has 1 fully saturated rings. The minimum absolute atomic E-state index is 0.109. The Labute approximate surface area is 254 Å². The number of nitrogens with zero attached hydrogens (tertiary/aromatic N) is 6. The molecule has 5 N–H and O–H groups in total. The van der Waals surface area contributed by atoms with Gasteiger partial charge in [-0.2, -0.15) is 9.67 Å². The minimum atomic E-state index is -1.86. The summed E-state index contributed by atoms with van der Waals surface area (Å²) in [5.74, 6) is -2.47. The van der Waals surface area contributed by atoms with Crippen molar-refractivity contribution >= 4 is 23.0 Å². The zero-order valence-electron chi connectivity index (χ0n) is 23.7. The topological polar surface area (TPSA) is 215 Å². The standard InChI is InChI=1S/C30H28N6O9/c1-2-44-30-31-20-9-5-8-19(28(40)41)21(20)35(30)14-15-10-12-16(13-11-15)17-6-3-4-7-18(17)26-32-33-34-36(26)27-24(39)22(37)23(38)25(45-27)29(42)43/h3-13,22-25,27,37-39H,2,14H2,1H3,(H,40,41)(H,42,43)/t22-,23-,24-,25-,27+/m1/s1. The van der Waals surface area contributed by atoms with Crippen molar-refractivity contribution in [1.82, 2.24) is 29.8 Å². The summed E-state index contributed by atoms with van der Waals surface area (Å²) in [6.07, 6.45) is -8.75. The molecule has 3 heterocycles. The van der Waals surface area contributed by atoms with Gasteiger partial charge in [-0.05, 0) is 46.2 Å². The maximum atomic E-state index is 12.0. The number of aromatic nitrogens is 6. The second kappa shape index (κ2) is 12.0. The highest BCUT2D eigenvalue weighted by atomic mass is 16.6. The second-order valence-electron chi connectivity index (χ2n) is 10.3. The van der Waals surface area contributed by atoms with E-state index < -0.39 is 42.6 Å². The maximum absolute atomic E-state index is 12.0. The first-order valence-corrected chi connectivity index (χ1v) is 13.9. The number of aliphatic carboxylic acids is 1. The van der Waals surface area contributed by atoms with Gasteiger partial charge in [-0.3, -0.25) is 4.57 Å². The number of carboxylic acids is 2. The summed E-state index contributed by atoms with van der Waals surface area (Å²) in [7, 11) is 0. The van der Waals surface area contributed by atoms with E-state index in [1.165, 1.54) is 6.07 Å². The molecular formula is C30H28N6O9. The third-order valence-electron chi connectivity index (χ3n) is 7.57. The number of rotatable bonds is 9. The van der Waals surface area contributed by atoms with Crippen LogP contribution in [-0.4, -0.2) is 98.3 Å². The van der Waals surface area contributed by atoms with Crippen LogP contribution in [0.15, 0.2) is 66.7 Å². The number of hydrogen-bond donors (Lipinski definition) is 5. The molecule has 15 heteroatoms. The Balaban J connectivity index is 1.34. The number of fused-ring (bicyclic) bond motifs is 1. The Hall–Kier alpha value is -5.22. The van der Waals surface area contributed by atoms with E-state index in [4.69, 9.17) is 9.47 Å². The molecule has 2 aromatic heterocycles. The van der Waals surface area contributed by atoms with E-state index in [1.54, 1.807) is 28.8 Å². The summed E-state index contributed by atoms with van der Waals surface area (Å²) in [5, 5.41) is 62.0. The van der Waals surface area contributed by atoms with Crippen LogP contribution in [0.4, 0.5) is 0 Å². The summed E-state index contributed by atoms with van der Waals surface area (Å²) in [4.78, 5) is 28.1. The van der Waals surface area contributed by atoms with Gasteiger partial charge in [0, 0.05) is 5.56 Å². The Morgan fingerprint density at radius 3 is 2.33 bits per heavy atom. The van der Waals surface area contributed by atoms with Crippen LogP contribution in [0.5, 0.6) is 6.01 Å². The molecule has 15 nitrogen and oxygen atoms in total. The summed E-state index contributed by atoms with van der Waals surface area (Å²) >= 11 is 0. The average molecular weight is 617 g/mol. The highest BCUT2D eigenvalue weighted by Gasteiger charge is 2.48. The van der Waals surface area contributed by atoms with Crippen LogP contribution in [0, 0.1) is 0 Å². The van der Waals surface area contributed by atoms with E-state index in [0.717, 1.165) is 15.8 Å². The van der Waals surface area contributed by atoms with Crippen molar-refractivity contribution < 1.29 is 44.6 Å². The summed E-state index contributed by atoms with van der Waals surface area (Å²) < 4.78 is 14.0. The Bertz CT molecular complexity index is 1870. The zero-order valence-corrected chi connectivity index (χ0v) is 23.7. The number of aliphatic hydroxyl groups is 3. The van der Waals surface area contributed by atoms with Crippen molar-refractivity contribution in [1.29, 1.82) is 0 Å². The lowest BCUT2D eigenvalue weighted by molar-refractivity contribution is -0.249. The van der Waals surface area contributed by atoms with E-state index in [9.17, 15) is 35.1 Å². The Kier molecular flexibility index (Phi) is 7.99. The molecule has 1 aliphatic rings. The fraction of sp³-hybridized carbons (Fsp3) is 0.267. The number of tetrazole rings is 1. The van der Waals surface area contributed by atoms with Gasteiger partial charge in [0.25, 0.3) is 6.01 Å². The van der Waals surface area contributed by atoms with Crippen LogP contribution in [0.25, 0.3) is 33.5 Å². The van der Waals surface area contributed by atoms with Gasteiger partial charge in [0.1, 0.15) is 18.3 Å². The van der Waals surface area contributed by atoms with Crippen molar-refractivity contribution in [3.63, 3.8) is 0 Å². The van der Waals surface area contributed by atoms with Gasteiger partial charge in [-0.1, -0.05) is 54.6 Å². The van der Waals surface area contributed by atoms with E-state index in [-0.39, 0.29) is 17.9 Å². The first-order valence-electron chi connectivity index (χ1n) is 13.9. The van der Waals surface area contributed by atoms with Crippen molar-refractivity contribution in [2.45, 2.75) is 44.1 Å². The number of ether oxygens (including phenoxy) is 2. The average Bonchev–Trinajstić information content (AvgIpc) is 3.65. The molecule has 0 bridgehead atoms. The van der Waals surface area contributed by atoms with E-state index in [1.807, 2.05) is 43.3 Å². The SMILES string of the molecule is CCOc1nc2cccc(C(=O)O)c2n1Cc1ccc(-c2ccccc2-c2nnnn2[C@H]2O[C@@H](C(=O)O)[C@H](O)[C@@H](O)[C@H]2O)cc1. The molecule has 0 aliphatic carbocycles. The highest BCUT2D eigenvalue weighted by Crippen LogP contribution is 2.35. The van der Waals surface area contributed by atoms with E-state index in [0.29, 0.717) is 34.8 Å². The van der Waals surface area contributed by atoms with E-state index >= 15 is 0 Å². The zero-order chi connectivity index (χ0) is 31.8. The molecule has 0 radical (unpaired) electrons. The molecule has 5 aromatic rings. The van der Waals surface area contributed by atoms with Crippen LogP contribution in [0.2, 0.25) is 0 Å². The van der Waals surface area contributed by atoms with Gasteiger partial charge in [0.15, 0.2) is 18.2 Å². The number of para-hydroxylation sites is 1. The largest absolute Gasteiger partial charge is 0.479 e. The van der Waals surface area contributed by atoms with E-state index in [2.05, 4.69) is 20.5 Å². The Morgan fingerprint density at radius 1 is 0.911 bits per heavy atom. The maximum Gasteiger partial charge on any atom is 0.337 e. The van der Waals surface area contributed by atoms with Crippen molar-refractivity contribution in [2.24, 2.45) is 0 Å². The smallest absolute Gasteiger partial charge is 0.337 e. The van der Waals surface area contributed by atoms with Crippen molar-refractivity contribution in [3.05, 3.63) is 77.9 Å². The van der Waals surface area contributed by atoms with Gasteiger partial charge in [-0.15, -0.1) is 5.10 Å². The van der Waals surface area contributed by atoms with Crippen molar-refractivity contribution in [3.8, 4) is 28.5 Å². The third kappa shape index (κ3) is 5.38. The second-order valence-corrected chi connectivity index (χ2v) is 10.3. The first-order chi connectivity index (χ1) is 21.7. The molecule has 45 heavy (non-hydrogen) atoms. The van der Waals surface area contributed by atoms with Crippen LogP contribution in [-0.2, 0) is 16.1 Å². The molecule has 232 valence electrons. The lowest BCUT2D eigenvalue weighted by Gasteiger charge is -2.38. The number of benzene rings is 3. The molecule has 1 saturated heterocycles. The summed E-state index contributed by atoms with van der Waals surface area (Å²) in [5.41, 5.74) is 3.88. The minimum Gasteiger partial charge on any atom is -0.479 e. The predicted molar refractivity (Wildman–Crippen MR) is 155 cm³/mol. The first kappa shape index (κ1) is 29.8. The molecule has 1 aliphatic heterocycles. The molecular weight excluding hydrogens is 588 g/mol. The summed E-state index contributed by atoms with van der Waals surface area (Å²) in [6.45, 7) is 2.45. The number of carbonyl (C=O) groups is 2. The normalized spacial score (nSPS) is 21.6. The fourth-order valence-corrected chi connectivity index (χ4v) is 5.43. The highest BCUT2D eigenvalue weighted by molar-refractivity contribution is 6.01. The van der Waals surface area contributed by atoms with Gasteiger partial charge in [-0.25, -0.2) is 9.59 Å². The lowest BCUT2D eigenvalue weighted by atomic mass is 9.96. The molecule has 6 rings (SSSR count). The molecule has 0 saturated carbocycles. The monoisotopic (exact) mass is 616 g/mol. The van der Waals surface area contributed by atoms with Gasteiger partial charge in [0.2, 0.25) is 0 Å². The third-order valence-corrected chi connectivity index (χ3v) is 7.57. The predicted octanol–water partition coefficient (Wildman–Crippen LogP) is 1.57. The summed E-state index contributed by atoms with van der Waals surface area (Å²) in [6, 6.07) is 19.8. The van der Waals surface area contributed by atoms with Crippen LogP contribution in [0.3, 0.4) is 0 Å². The van der Waals surface area contributed by atoms with Crippen molar-refractivity contribution in [2.75, 3.05) is 6.61 Å². The van der Waals surface area contributed by atoms with Crippen LogP contribution >= 0.6 is 0 Å².